The van der Waals surface area contributed by atoms with Gasteiger partial charge < -0.3 is 10.1 Å². The zero-order chi connectivity index (χ0) is 13.5. The third-order valence-corrected chi connectivity index (χ3v) is 4.62. The molecule has 0 atom stereocenters. The van der Waals surface area contributed by atoms with Crippen LogP contribution in [-0.4, -0.2) is 31.7 Å². The summed E-state index contributed by atoms with van der Waals surface area (Å²) < 4.78 is 5.44. The van der Waals surface area contributed by atoms with Gasteiger partial charge in [0.2, 0.25) is 0 Å². The minimum Gasteiger partial charge on any atom is -0.496 e. The summed E-state index contributed by atoms with van der Waals surface area (Å²) in [6, 6.07) is 9.14. The normalized spacial score (nSPS) is 22.0. The van der Waals surface area contributed by atoms with Gasteiger partial charge in [-0.05, 0) is 61.8 Å². The van der Waals surface area contributed by atoms with Gasteiger partial charge in [0.1, 0.15) is 5.75 Å². The van der Waals surface area contributed by atoms with Gasteiger partial charge in [-0.2, -0.15) is 11.8 Å². The van der Waals surface area contributed by atoms with Crippen LogP contribution in [0.3, 0.4) is 0 Å². The maximum Gasteiger partial charge on any atom is 0.122 e. The molecule has 106 valence electrons. The molecule has 1 aliphatic carbocycles. The van der Waals surface area contributed by atoms with Gasteiger partial charge in [-0.3, -0.25) is 0 Å². The molecule has 1 aromatic carbocycles. The fraction of sp³-hybridized carbons (Fsp3) is 0.625. The molecule has 0 spiro atoms. The summed E-state index contributed by atoms with van der Waals surface area (Å²) in [6.45, 7) is 1.17. The summed E-state index contributed by atoms with van der Waals surface area (Å²) >= 11 is 1.94. The van der Waals surface area contributed by atoms with Crippen LogP contribution in [0, 0.1) is 0 Å². The monoisotopic (exact) mass is 279 g/mol. The number of thioether (sulfide) groups is 1. The van der Waals surface area contributed by atoms with Crippen molar-refractivity contribution in [2.24, 2.45) is 0 Å². The number of rotatable bonds is 8. The molecule has 0 amide bonds. The van der Waals surface area contributed by atoms with Crippen LogP contribution in [-0.2, 0) is 0 Å². The molecular formula is C16H25NOS. The van der Waals surface area contributed by atoms with Gasteiger partial charge >= 0.3 is 0 Å². The van der Waals surface area contributed by atoms with Crippen LogP contribution >= 0.6 is 11.8 Å². The predicted molar refractivity (Wildman–Crippen MR) is 84.4 cm³/mol. The lowest BCUT2D eigenvalue weighted by atomic mass is 9.75. The minimum atomic E-state index is 0.680. The molecule has 0 saturated heterocycles. The number of nitrogens with one attached hydrogen (secondary N) is 1. The quantitative estimate of drug-likeness (QED) is 0.734. The minimum absolute atomic E-state index is 0.680. The molecule has 1 N–H and O–H groups in total. The fourth-order valence-corrected chi connectivity index (χ4v) is 3.21. The van der Waals surface area contributed by atoms with Crippen LogP contribution in [0.25, 0.3) is 0 Å². The van der Waals surface area contributed by atoms with E-state index in [1.54, 1.807) is 7.11 Å². The number of benzene rings is 1. The van der Waals surface area contributed by atoms with Crippen molar-refractivity contribution in [2.75, 3.05) is 25.7 Å². The van der Waals surface area contributed by atoms with Crippen molar-refractivity contribution in [1.82, 2.24) is 5.32 Å². The lowest BCUT2D eigenvalue weighted by molar-refractivity contribution is 0.283. The highest BCUT2D eigenvalue weighted by Crippen LogP contribution is 2.40. The molecule has 1 aromatic rings. The van der Waals surface area contributed by atoms with Crippen LogP contribution in [0.2, 0.25) is 0 Å². The second kappa shape index (κ2) is 7.81. The van der Waals surface area contributed by atoms with E-state index in [0.29, 0.717) is 12.0 Å². The first kappa shape index (κ1) is 14.7. The van der Waals surface area contributed by atoms with E-state index in [0.717, 1.165) is 5.75 Å². The zero-order valence-corrected chi connectivity index (χ0v) is 12.8. The molecule has 0 bridgehead atoms. The van der Waals surface area contributed by atoms with Gasteiger partial charge in [-0.1, -0.05) is 18.2 Å². The predicted octanol–water partition coefficient (Wildman–Crippen LogP) is 3.67. The highest BCUT2D eigenvalue weighted by atomic mass is 32.2. The van der Waals surface area contributed by atoms with Gasteiger partial charge in [0.05, 0.1) is 7.11 Å². The Morgan fingerprint density at radius 2 is 2.05 bits per heavy atom. The number of hydrogen-bond donors (Lipinski definition) is 1. The number of unbranched alkanes of at least 4 members (excludes halogenated alkanes) is 1. The summed E-state index contributed by atoms with van der Waals surface area (Å²) in [4.78, 5) is 0. The third kappa shape index (κ3) is 4.15. The van der Waals surface area contributed by atoms with Crippen molar-refractivity contribution in [3.8, 4) is 5.75 Å². The molecule has 0 radical (unpaired) electrons. The van der Waals surface area contributed by atoms with E-state index in [9.17, 15) is 0 Å². The van der Waals surface area contributed by atoms with Gasteiger partial charge in [0.15, 0.2) is 0 Å². The molecule has 1 saturated carbocycles. The second-order valence-corrected chi connectivity index (χ2v) is 6.25. The molecule has 19 heavy (non-hydrogen) atoms. The van der Waals surface area contributed by atoms with Gasteiger partial charge in [0, 0.05) is 6.04 Å². The van der Waals surface area contributed by atoms with Crippen molar-refractivity contribution in [2.45, 2.75) is 37.6 Å². The van der Waals surface area contributed by atoms with Crippen LogP contribution < -0.4 is 10.1 Å². The van der Waals surface area contributed by atoms with E-state index >= 15 is 0 Å². The van der Waals surface area contributed by atoms with E-state index in [1.165, 1.54) is 43.5 Å². The van der Waals surface area contributed by atoms with E-state index < -0.39 is 0 Å². The van der Waals surface area contributed by atoms with Gasteiger partial charge in [0.25, 0.3) is 0 Å². The summed E-state index contributed by atoms with van der Waals surface area (Å²) in [7, 11) is 1.76. The smallest absolute Gasteiger partial charge is 0.122 e. The molecule has 0 aromatic heterocycles. The first-order valence-electron chi connectivity index (χ1n) is 7.20. The van der Waals surface area contributed by atoms with Crippen molar-refractivity contribution in [3.63, 3.8) is 0 Å². The lowest BCUT2D eigenvalue weighted by Gasteiger charge is -2.37. The first-order chi connectivity index (χ1) is 9.35. The van der Waals surface area contributed by atoms with Crippen LogP contribution in [0.1, 0.15) is 37.2 Å². The Labute approximate surface area is 121 Å². The summed E-state index contributed by atoms with van der Waals surface area (Å²) in [5.41, 5.74) is 1.38. The molecular weight excluding hydrogens is 254 g/mol. The standard InChI is InChI=1S/C16H25NOS/c1-18-16-8-4-3-7-15(16)13-11-14(12-13)17-9-5-6-10-19-2/h3-4,7-8,13-14,17H,5-6,9-12H2,1-2H3. The van der Waals surface area contributed by atoms with Crippen molar-refractivity contribution in [1.29, 1.82) is 0 Å². The number of ether oxygens (including phenoxy) is 1. The van der Waals surface area contributed by atoms with E-state index in [4.69, 9.17) is 4.74 Å². The van der Waals surface area contributed by atoms with Crippen LogP contribution in [0.4, 0.5) is 0 Å². The Morgan fingerprint density at radius 3 is 2.79 bits per heavy atom. The highest BCUT2D eigenvalue weighted by molar-refractivity contribution is 7.98. The Balaban J connectivity index is 1.68. The van der Waals surface area contributed by atoms with E-state index in [1.807, 2.05) is 17.8 Å². The summed E-state index contributed by atoms with van der Waals surface area (Å²) in [5, 5.41) is 3.67. The maximum atomic E-state index is 5.44. The first-order valence-corrected chi connectivity index (χ1v) is 8.59. The molecule has 2 rings (SSSR count). The van der Waals surface area contributed by atoms with Crippen molar-refractivity contribution >= 4 is 11.8 Å². The number of para-hydroxylation sites is 1. The Kier molecular flexibility index (Phi) is 6.05. The molecule has 1 fully saturated rings. The Bertz CT molecular complexity index is 377. The van der Waals surface area contributed by atoms with E-state index in [2.05, 4.69) is 29.8 Å². The SMILES string of the molecule is COc1ccccc1C1CC(NCCCCSC)C1. The number of hydrogen-bond acceptors (Lipinski definition) is 3. The molecule has 0 heterocycles. The highest BCUT2D eigenvalue weighted by Gasteiger charge is 2.31. The summed E-state index contributed by atoms with van der Waals surface area (Å²) in [5.74, 6) is 3.02. The zero-order valence-electron chi connectivity index (χ0n) is 12.0. The van der Waals surface area contributed by atoms with Gasteiger partial charge in [-0.25, -0.2) is 0 Å². The van der Waals surface area contributed by atoms with Crippen molar-refractivity contribution < 1.29 is 4.74 Å². The van der Waals surface area contributed by atoms with Crippen LogP contribution in [0.15, 0.2) is 24.3 Å². The maximum absolute atomic E-state index is 5.44. The Hall–Kier alpha value is -0.670. The molecule has 1 aliphatic rings. The lowest BCUT2D eigenvalue weighted by Crippen LogP contribution is -2.40. The largest absolute Gasteiger partial charge is 0.496 e. The molecule has 0 aliphatic heterocycles. The Morgan fingerprint density at radius 1 is 1.26 bits per heavy atom. The summed E-state index contributed by atoms with van der Waals surface area (Å²) in [6.07, 6.45) is 7.32. The average molecular weight is 279 g/mol. The average Bonchev–Trinajstić information content (AvgIpc) is 2.40. The fourth-order valence-electron chi connectivity index (χ4n) is 2.72. The van der Waals surface area contributed by atoms with E-state index in [-0.39, 0.29) is 0 Å². The second-order valence-electron chi connectivity index (χ2n) is 5.26. The topological polar surface area (TPSA) is 21.3 Å². The van der Waals surface area contributed by atoms with Crippen molar-refractivity contribution in [3.05, 3.63) is 29.8 Å². The molecule has 2 nitrogen and oxygen atoms in total. The molecule has 0 unspecified atom stereocenters. The van der Waals surface area contributed by atoms with Gasteiger partial charge in [-0.15, -0.1) is 0 Å². The number of methoxy groups -OCH3 is 1. The molecule has 3 heteroatoms. The van der Waals surface area contributed by atoms with Crippen LogP contribution in [0.5, 0.6) is 5.75 Å². The third-order valence-electron chi connectivity index (χ3n) is 3.93.